The van der Waals surface area contributed by atoms with Crippen LogP contribution in [0.3, 0.4) is 0 Å². The van der Waals surface area contributed by atoms with Gasteiger partial charge in [-0.05, 0) is 54.5 Å². The molecular formula is C27H30BrNO5. The molecule has 1 N–H and O–H groups in total. The van der Waals surface area contributed by atoms with Crippen molar-refractivity contribution in [2.75, 3.05) is 13.2 Å². The summed E-state index contributed by atoms with van der Waals surface area (Å²) in [6.07, 6.45) is 3.41. The second kappa shape index (κ2) is 11.2. The quantitative estimate of drug-likeness (QED) is 0.275. The molecule has 3 aromatic rings. The molecule has 1 aromatic heterocycles. The van der Waals surface area contributed by atoms with Crippen molar-refractivity contribution in [2.24, 2.45) is 0 Å². The fourth-order valence-electron chi connectivity index (χ4n) is 4.47. The minimum Gasteiger partial charge on any atom is -0.465 e. The van der Waals surface area contributed by atoms with Gasteiger partial charge in [-0.15, -0.1) is 0 Å². The van der Waals surface area contributed by atoms with E-state index >= 15 is 0 Å². The Hall–Kier alpha value is -2.64. The van der Waals surface area contributed by atoms with Crippen molar-refractivity contribution in [3.63, 3.8) is 0 Å². The number of nitrogens with one attached hydrogen (secondary N) is 1. The number of carbonyl (C=O) groups excluding carboxylic acids is 2. The van der Waals surface area contributed by atoms with Gasteiger partial charge in [0.05, 0.1) is 30.9 Å². The fraction of sp³-hybridized carbons (Fsp3) is 0.407. The summed E-state index contributed by atoms with van der Waals surface area (Å²) in [4.78, 5) is 28.9. The van der Waals surface area contributed by atoms with E-state index in [1.807, 2.05) is 36.4 Å². The molecule has 2 heterocycles. The van der Waals surface area contributed by atoms with E-state index in [-0.39, 0.29) is 19.2 Å². The van der Waals surface area contributed by atoms with Crippen LogP contribution < -0.4 is 0 Å². The number of rotatable bonds is 9. The lowest BCUT2D eigenvalue weighted by atomic mass is 9.91. The number of alkyl halides is 1. The lowest BCUT2D eigenvalue weighted by molar-refractivity contribution is -0.142. The van der Waals surface area contributed by atoms with Crippen LogP contribution in [0.2, 0.25) is 0 Å². The zero-order valence-corrected chi connectivity index (χ0v) is 21.2. The highest BCUT2D eigenvalue weighted by atomic mass is 79.9. The molecule has 1 unspecified atom stereocenters. The molecular weight excluding hydrogens is 498 g/mol. The Bertz CT molecular complexity index is 1170. The molecule has 2 aromatic carbocycles. The van der Waals surface area contributed by atoms with Gasteiger partial charge in [0.2, 0.25) is 0 Å². The lowest BCUT2D eigenvalue weighted by Gasteiger charge is -2.18. The normalized spacial score (nSPS) is 14.0. The number of carbonyl (C=O) groups is 2. The molecule has 0 saturated carbocycles. The minimum atomic E-state index is -0.696. The van der Waals surface area contributed by atoms with Crippen LogP contribution in [-0.2, 0) is 45.1 Å². The van der Waals surface area contributed by atoms with Crippen LogP contribution in [0.15, 0.2) is 36.4 Å². The van der Waals surface area contributed by atoms with Gasteiger partial charge in [0, 0.05) is 11.1 Å². The average Bonchev–Trinajstić information content (AvgIpc) is 3.25. The highest BCUT2D eigenvalue weighted by Crippen LogP contribution is 2.40. The van der Waals surface area contributed by atoms with Gasteiger partial charge in [-0.25, -0.2) is 4.79 Å². The molecule has 0 amide bonds. The maximum absolute atomic E-state index is 13.4. The molecule has 0 spiro atoms. The van der Waals surface area contributed by atoms with Gasteiger partial charge < -0.3 is 19.2 Å². The number of H-pyrrole nitrogens is 1. The molecule has 1 atom stereocenters. The van der Waals surface area contributed by atoms with Crippen molar-refractivity contribution < 1.29 is 23.8 Å². The van der Waals surface area contributed by atoms with Crippen molar-refractivity contribution in [2.45, 2.75) is 57.6 Å². The zero-order valence-electron chi connectivity index (χ0n) is 19.6. The predicted octanol–water partition coefficient (Wildman–Crippen LogP) is 5.94. The summed E-state index contributed by atoms with van der Waals surface area (Å²) < 4.78 is 16.7. The van der Waals surface area contributed by atoms with Crippen LogP contribution in [0.5, 0.6) is 0 Å². The van der Waals surface area contributed by atoms with Gasteiger partial charge in [0.15, 0.2) is 0 Å². The van der Waals surface area contributed by atoms with E-state index in [9.17, 15) is 9.59 Å². The number of aromatic nitrogens is 1. The number of aromatic amines is 1. The van der Waals surface area contributed by atoms with Gasteiger partial charge in [-0.2, -0.15) is 0 Å². The third kappa shape index (κ3) is 5.05. The fourth-order valence-corrected chi connectivity index (χ4v) is 4.96. The van der Waals surface area contributed by atoms with Gasteiger partial charge in [-0.1, -0.05) is 59.6 Å². The largest absolute Gasteiger partial charge is 0.465 e. The molecule has 6 nitrogen and oxygen atoms in total. The van der Waals surface area contributed by atoms with Crippen LogP contribution in [0.25, 0.3) is 10.9 Å². The molecule has 0 bridgehead atoms. The number of ether oxygens (including phenoxy) is 3. The lowest BCUT2D eigenvalue weighted by Crippen LogP contribution is -2.15. The van der Waals surface area contributed by atoms with E-state index in [1.54, 1.807) is 6.92 Å². The maximum atomic E-state index is 13.4. The van der Waals surface area contributed by atoms with Gasteiger partial charge in [0.25, 0.3) is 0 Å². The SMILES string of the molecule is CCCCc1c(C(=O)OCc2ccccc2)cc(C(Br)C(=O)OCC)c2c3c([nH]c12)COCC3. The van der Waals surface area contributed by atoms with Crippen LogP contribution in [-0.4, -0.2) is 30.1 Å². The first-order chi connectivity index (χ1) is 16.5. The number of benzene rings is 2. The van der Waals surface area contributed by atoms with Crippen LogP contribution in [0.4, 0.5) is 0 Å². The number of fused-ring (bicyclic) bond motifs is 3. The first-order valence-corrected chi connectivity index (χ1v) is 12.7. The highest BCUT2D eigenvalue weighted by molar-refractivity contribution is 9.09. The summed E-state index contributed by atoms with van der Waals surface area (Å²) in [5.74, 6) is -0.777. The summed E-state index contributed by atoms with van der Waals surface area (Å²) in [6, 6.07) is 11.4. The monoisotopic (exact) mass is 527 g/mol. The highest BCUT2D eigenvalue weighted by Gasteiger charge is 2.30. The summed E-state index contributed by atoms with van der Waals surface area (Å²) in [5.41, 5.74) is 6.09. The molecule has 34 heavy (non-hydrogen) atoms. The molecule has 0 radical (unpaired) electrons. The van der Waals surface area contributed by atoms with E-state index in [2.05, 4.69) is 27.8 Å². The smallest absolute Gasteiger partial charge is 0.338 e. The van der Waals surface area contributed by atoms with Crippen LogP contribution in [0.1, 0.15) is 69.8 Å². The summed E-state index contributed by atoms with van der Waals surface area (Å²) in [6.45, 7) is 5.48. The summed E-state index contributed by atoms with van der Waals surface area (Å²) in [5, 5.41) is 0.985. The number of esters is 2. The number of hydrogen-bond donors (Lipinski definition) is 1. The summed E-state index contributed by atoms with van der Waals surface area (Å²) >= 11 is 3.55. The molecule has 0 saturated heterocycles. The Morgan fingerprint density at radius 2 is 1.97 bits per heavy atom. The van der Waals surface area contributed by atoms with Gasteiger partial charge in [0.1, 0.15) is 11.4 Å². The van der Waals surface area contributed by atoms with Gasteiger partial charge >= 0.3 is 11.9 Å². The van der Waals surface area contributed by atoms with E-state index in [0.29, 0.717) is 18.8 Å². The van der Waals surface area contributed by atoms with E-state index in [0.717, 1.165) is 64.5 Å². The van der Waals surface area contributed by atoms with Crippen molar-refractivity contribution in [3.8, 4) is 0 Å². The second-order valence-electron chi connectivity index (χ2n) is 8.41. The van der Waals surface area contributed by atoms with Crippen molar-refractivity contribution >= 4 is 38.8 Å². The predicted molar refractivity (Wildman–Crippen MR) is 134 cm³/mol. The van der Waals surface area contributed by atoms with Crippen molar-refractivity contribution in [1.29, 1.82) is 0 Å². The average molecular weight is 528 g/mol. The Balaban J connectivity index is 1.84. The minimum absolute atomic E-state index is 0.185. The van der Waals surface area contributed by atoms with Crippen molar-refractivity contribution in [1.82, 2.24) is 4.98 Å². The van der Waals surface area contributed by atoms with Crippen molar-refractivity contribution in [3.05, 3.63) is 69.9 Å². The number of halogens is 1. The Morgan fingerprint density at radius 1 is 1.18 bits per heavy atom. The number of aryl methyl sites for hydroxylation is 1. The number of hydrogen-bond acceptors (Lipinski definition) is 5. The molecule has 0 fully saturated rings. The molecule has 0 aliphatic carbocycles. The first kappa shape index (κ1) is 24.5. The van der Waals surface area contributed by atoms with Crippen LogP contribution in [0, 0.1) is 0 Å². The third-order valence-corrected chi connectivity index (χ3v) is 7.00. The second-order valence-corrected chi connectivity index (χ2v) is 9.32. The topological polar surface area (TPSA) is 77.6 Å². The number of unbranched alkanes of at least 4 members (excludes halogenated alkanes) is 1. The van der Waals surface area contributed by atoms with E-state index in [1.165, 1.54) is 0 Å². The zero-order chi connectivity index (χ0) is 24.1. The molecule has 1 aliphatic heterocycles. The van der Waals surface area contributed by atoms with E-state index in [4.69, 9.17) is 14.2 Å². The maximum Gasteiger partial charge on any atom is 0.338 e. The summed E-state index contributed by atoms with van der Waals surface area (Å²) in [7, 11) is 0. The van der Waals surface area contributed by atoms with Gasteiger partial charge in [-0.3, -0.25) is 4.79 Å². The molecule has 4 rings (SSSR count). The standard InChI is InChI=1S/C27H30BrNO5/c1-3-5-11-18-20(26(30)34-15-17-9-7-6-8-10-17)14-21(24(28)27(31)33-4-2)23-19-12-13-32-16-22(19)29-25(18)23/h6-10,14,24,29H,3-5,11-13,15-16H2,1-2H3. The molecule has 1 aliphatic rings. The Labute approximate surface area is 208 Å². The first-order valence-electron chi connectivity index (χ1n) is 11.8. The third-order valence-electron chi connectivity index (χ3n) is 6.13. The Morgan fingerprint density at radius 3 is 2.71 bits per heavy atom. The van der Waals surface area contributed by atoms with E-state index < -0.39 is 10.8 Å². The Kier molecular flexibility index (Phi) is 8.06. The molecule has 7 heteroatoms. The van der Waals surface area contributed by atoms with Crippen LogP contribution >= 0.6 is 15.9 Å². The molecule has 180 valence electrons.